The number of hydrogen-bond donors (Lipinski definition) is 0. The van der Waals surface area contributed by atoms with E-state index in [9.17, 15) is 8.78 Å². The molecule has 0 spiro atoms. The Hall–Kier alpha value is -2.41. The van der Waals surface area contributed by atoms with Gasteiger partial charge in [-0.3, -0.25) is 0 Å². The summed E-state index contributed by atoms with van der Waals surface area (Å²) in [5, 5.41) is 8.74. The van der Waals surface area contributed by atoms with Crippen molar-refractivity contribution in [1.82, 2.24) is 0 Å². The smallest absolute Gasteiger partial charge is 0.183 e. The van der Waals surface area contributed by atoms with Crippen molar-refractivity contribution in [3.8, 4) is 6.07 Å². The topological polar surface area (TPSA) is 27.0 Å². The van der Waals surface area contributed by atoms with Gasteiger partial charge in [0.25, 0.3) is 0 Å². The molecule has 100 valence electrons. The Morgan fingerprint density at radius 3 is 2.60 bits per heavy atom. The first-order valence-corrected chi connectivity index (χ1v) is 6.38. The van der Waals surface area contributed by atoms with Crippen LogP contribution in [0.1, 0.15) is 18.1 Å². The lowest BCUT2D eigenvalue weighted by molar-refractivity contribution is 0.504. The molecule has 1 atom stereocenters. The molecule has 1 unspecified atom stereocenters. The van der Waals surface area contributed by atoms with Crippen LogP contribution >= 0.6 is 0 Å². The zero-order valence-electron chi connectivity index (χ0n) is 10.9. The minimum atomic E-state index is -1.08. The maximum absolute atomic E-state index is 14.2. The molecular weight excluding hydrogens is 258 g/mol. The highest BCUT2D eigenvalue weighted by molar-refractivity contribution is 5.71. The minimum Gasteiger partial charge on any atom is -0.336 e. The van der Waals surface area contributed by atoms with Crippen LogP contribution in [0.3, 0.4) is 0 Å². The van der Waals surface area contributed by atoms with E-state index in [4.69, 9.17) is 5.26 Å². The van der Waals surface area contributed by atoms with E-state index in [0.29, 0.717) is 0 Å². The molecule has 0 saturated heterocycles. The van der Waals surface area contributed by atoms with E-state index in [-0.39, 0.29) is 17.3 Å². The summed E-state index contributed by atoms with van der Waals surface area (Å²) in [6.07, 6.45) is 0.789. The summed E-state index contributed by atoms with van der Waals surface area (Å²) in [5.74, 6) is -2.05. The van der Waals surface area contributed by atoms with Gasteiger partial charge in [-0.15, -0.1) is 0 Å². The molecule has 4 heteroatoms. The van der Waals surface area contributed by atoms with Crippen LogP contribution in [0.25, 0.3) is 0 Å². The number of rotatable bonds is 1. The van der Waals surface area contributed by atoms with Gasteiger partial charge in [0, 0.05) is 11.7 Å². The summed E-state index contributed by atoms with van der Waals surface area (Å²) in [6, 6.07) is 12.2. The van der Waals surface area contributed by atoms with Gasteiger partial charge in [-0.1, -0.05) is 18.2 Å². The summed E-state index contributed by atoms with van der Waals surface area (Å²) in [4.78, 5) is 1.79. The van der Waals surface area contributed by atoms with Gasteiger partial charge < -0.3 is 4.90 Å². The normalized spacial score (nSPS) is 16.9. The molecule has 0 radical (unpaired) electrons. The van der Waals surface area contributed by atoms with Gasteiger partial charge in [0.1, 0.15) is 6.07 Å². The lowest BCUT2D eigenvalue weighted by Gasteiger charge is -2.25. The molecule has 0 amide bonds. The Morgan fingerprint density at radius 2 is 1.85 bits per heavy atom. The molecular formula is C16H12F2N2. The van der Waals surface area contributed by atoms with Crippen molar-refractivity contribution in [3.63, 3.8) is 0 Å². The van der Waals surface area contributed by atoms with Crippen molar-refractivity contribution >= 4 is 11.4 Å². The molecule has 2 aromatic rings. The van der Waals surface area contributed by atoms with Gasteiger partial charge in [-0.05, 0) is 37.1 Å². The number of benzene rings is 2. The van der Waals surface area contributed by atoms with Crippen molar-refractivity contribution < 1.29 is 8.78 Å². The number of nitriles is 1. The summed E-state index contributed by atoms with van der Waals surface area (Å²) >= 11 is 0. The second kappa shape index (κ2) is 4.61. The predicted molar refractivity (Wildman–Crippen MR) is 72.8 cm³/mol. The number of halogens is 2. The monoisotopic (exact) mass is 270 g/mol. The molecule has 2 nitrogen and oxygen atoms in total. The first-order valence-electron chi connectivity index (χ1n) is 6.38. The molecule has 0 N–H and O–H groups in total. The molecule has 0 fully saturated rings. The molecule has 1 aliphatic heterocycles. The average molecular weight is 270 g/mol. The third-order valence-corrected chi connectivity index (χ3v) is 3.65. The Bertz CT molecular complexity index is 719. The van der Waals surface area contributed by atoms with Gasteiger partial charge in [-0.2, -0.15) is 5.26 Å². The van der Waals surface area contributed by atoms with E-state index >= 15 is 0 Å². The zero-order valence-corrected chi connectivity index (χ0v) is 10.9. The van der Waals surface area contributed by atoms with Gasteiger partial charge in [0.05, 0.1) is 11.3 Å². The zero-order chi connectivity index (χ0) is 14.3. The van der Waals surface area contributed by atoms with Crippen LogP contribution in [-0.2, 0) is 6.42 Å². The Labute approximate surface area is 115 Å². The van der Waals surface area contributed by atoms with Crippen molar-refractivity contribution in [3.05, 3.63) is 59.2 Å². The highest BCUT2D eigenvalue weighted by Gasteiger charge is 2.30. The van der Waals surface area contributed by atoms with E-state index in [2.05, 4.69) is 0 Å². The van der Waals surface area contributed by atoms with Crippen molar-refractivity contribution in [2.75, 3.05) is 4.90 Å². The van der Waals surface area contributed by atoms with Crippen LogP contribution < -0.4 is 4.90 Å². The quantitative estimate of drug-likeness (QED) is 0.785. The van der Waals surface area contributed by atoms with E-state index in [1.807, 2.05) is 31.2 Å². The molecule has 3 rings (SSSR count). The fourth-order valence-electron chi connectivity index (χ4n) is 2.74. The predicted octanol–water partition coefficient (Wildman–Crippen LogP) is 3.92. The Morgan fingerprint density at radius 1 is 1.10 bits per heavy atom. The first kappa shape index (κ1) is 12.6. The van der Waals surface area contributed by atoms with Crippen LogP contribution in [0.4, 0.5) is 20.2 Å². The van der Waals surface area contributed by atoms with Gasteiger partial charge in [-0.25, -0.2) is 8.78 Å². The summed E-state index contributed by atoms with van der Waals surface area (Å²) in [6.45, 7) is 1.97. The minimum absolute atomic E-state index is 0.0502. The number of anilines is 2. The van der Waals surface area contributed by atoms with E-state index in [1.165, 1.54) is 12.1 Å². The molecule has 0 aliphatic carbocycles. The summed E-state index contributed by atoms with van der Waals surface area (Å²) < 4.78 is 28.0. The van der Waals surface area contributed by atoms with Crippen LogP contribution in [0.5, 0.6) is 0 Å². The highest BCUT2D eigenvalue weighted by Crippen LogP contribution is 2.39. The number of hydrogen-bond acceptors (Lipinski definition) is 2. The molecule has 20 heavy (non-hydrogen) atoms. The lowest BCUT2D eigenvalue weighted by atomic mass is 10.1. The van der Waals surface area contributed by atoms with Gasteiger partial charge in [0.2, 0.25) is 0 Å². The molecule has 0 aromatic heterocycles. The number of para-hydroxylation sites is 1. The molecule has 0 bridgehead atoms. The third-order valence-electron chi connectivity index (χ3n) is 3.65. The van der Waals surface area contributed by atoms with Crippen LogP contribution in [-0.4, -0.2) is 6.04 Å². The highest BCUT2D eigenvalue weighted by atomic mass is 19.2. The second-order valence-corrected chi connectivity index (χ2v) is 4.92. The molecule has 1 aliphatic rings. The Kier molecular flexibility index (Phi) is 2.90. The average Bonchev–Trinajstić information content (AvgIpc) is 2.78. The fourth-order valence-corrected chi connectivity index (χ4v) is 2.74. The van der Waals surface area contributed by atoms with E-state index in [1.54, 1.807) is 11.0 Å². The standard InChI is InChI=1S/C16H12F2N2/c1-10-8-11-4-2-3-5-13(11)20(10)14-7-6-12(9-19)15(17)16(14)18/h2-7,10H,8H2,1H3. The second-order valence-electron chi connectivity index (χ2n) is 4.92. The molecule has 2 aromatic carbocycles. The van der Waals surface area contributed by atoms with E-state index in [0.717, 1.165) is 17.7 Å². The van der Waals surface area contributed by atoms with Crippen molar-refractivity contribution in [2.45, 2.75) is 19.4 Å². The van der Waals surface area contributed by atoms with Crippen molar-refractivity contribution in [1.29, 1.82) is 5.26 Å². The molecule has 1 heterocycles. The van der Waals surface area contributed by atoms with Crippen LogP contribution in [0.15, 0.2) is 36.4 Å². The number of nitrogens with zero attached hydrogens (tertiary/aromatic N) is 2. The van der Waals surface area contributed by atoms with Gasteiger partial charge >= 0.3 is 0 Å². The van der Waals surface area contributed by atoms with Crippen molar-refractivity contribution in [2.24, 2.45) is 0 Å². The fraction of sp³-hybridized carbons (Fsp3) is 0.188. The van der Waals surface area contributed by atoms with Crippen LogP contribution in [0.2, 0.25) is 0 Å². The maximum Gasteiger partial charge on any atom is 0.183 e. The largest absolute Gasteiger partial charge is 0.336 e. The maximum atomic E-state index is 14.2. The Balaban J connectivity index is 2.15. The first-order chi connectivity index (χ1) is 9.63. The van der Waals surface area contributed by atoms with Crippen LogP contribution in [0, 0.1) is 23.0 Å². The molecule has 0 saturated carbocycles. The lowest BCUT2D eigenvalue weighted by Crippen LogP contribution is -2.25. The summed E-state index contributed by atoms with van der Waals surface area (Å²) in [5.41, 5.74) is 1.91. The SMILES string of the molecule is CC1Cc2ccccc2N1c1ccc(C#N)c(F)c1F. The number of fused-ring (bicyclic) bond motifs is 1. The van der Waals surface area contributed by atoms with Gasteiger partial charge in [0.15, 0.2) is 11.6 Å². The third kappa shape index (κ3) is 1.75. The summed E-state index contributed by atoms with van der Waals surface area (Å²) in [7, 11) is 0. The van der Waals surface area contributed by atoms with E-state index < -0.39 is 11.6 Å².